The van der Waals surface area contributed by atoms with Crippen molar-refractivity contribution in [3.05, 3.63) is 48.6 Å². The van der Waals surface area contributed by atoms with Gasteiger partial charge in [-0.3, -0.25) is 9.36 Å². The first-order valence-electron chi connectivity index (χ1n) is 23.4. The second-order valence-electron chi connectivity index (χ2n) is 16.8. The van der Waals surface area contributed by atoms with E-state index in [-0.39, 0.29) is 25.8 Å². The molecule has 0 fully saturated rings. The maximum atomic E-state index is 12.7. The number of allylic oxidation sites excluding steroid dienone is 8. The summed E-state index contributed by atoms with van der Waals surface area (Å²) in [4.78, 5) is 25.0. The SMILES string of the molecule is CCCCCC/C=C\CCCCCCCC(=O)OC(COCCCCCCCCC/C=C\C/C=C\C/C=C\CCCCCCC)COP(=O)([O-])OCC[N+](C)(C)C. The van der Waals surface area contributed by atoms with Crippen LogP contribution >= 0.6 is 7.82 Å². The zero-order valence-electron chi connectivity index (χ0n) is 37.8. The minimum absolute atomic E-state index is 0.0211. The summed E-state index contributed by atoms with van der Waals surface area (Å²) in [6.45, 7) is 5.35. The van der Waals surface area contributed by atoms with E-state index in [0.29, 0.717) is 24.1 Å². The van der Waals surface area contributed by atoms with Crippen LogP contribution in [0, 0.1) is 0 Å². The summed E-state index contributed by atoms with van der Waals surface area (Å²) in [6.07, 6.45) is 49.8. The molecule has 0 aromatic heterocycles. The molecular formula is C48H90NO7P. The topological polar surface area (TPSA) is 94.1 Å². The molecule has 334 valence electrons. The van der Waals surface area contributed by atoms with Crippen LogP contribution < -0.4 is 4.89 Å². The van der Waals surface area contributed by atoms with Crippen molar-refractivity contribution < 1.29 is 37.3 Å². The molecule has 0 aliphatic carbocycles. The largest absolute Gasteiger partial charge is 0.756 e. The summed E-state index contributed by atoms with van der Waals surface area (Å²) < 4.78 is 34.6. The van der Waals surface area contributed by atoms with Crippen molar-refractivity contribution in [2.45, 2.75) is 200 Å². The first kappa shape index (κ1) is 55.5. The molecule has 0 amide bonds. The Morgan fingerprint density at radius 3 is 1.47 bits per heavy atom. The summed E-state index contributed by atoms with van der Waals surface area (Å²) in [5.41, 5.74) is 0. The van der Waals surface area contributed by atoms with Crippen molar-refractivity contribution in [2.24, 2.45) is 0 Å². The van der Waals surface area contributed by atoms with E-state index in [1.807, 2.05) is 21.1 Å². The molecular weight excluding hydrogens is 734 g/mol. The molecule has 2 atom stereocenters. The van der Waals surface area contributed by atoms with Gasteiger partial charge in [-0.2, -0.15) is 0 Å². The smallest absolute Gasteiger partial charge is 0.306 e. The number of unbranched alkanes of at least 4 members (excludes halogenated alkanes) is 21. The van der Waals surface area contributed by atoms with Gasteiger partial charge in [-0.05, 0) is 77.0 Å². The molecule has 0 saturated carbocycles. The molecule has 0 aliphatic rings. The van der Waals surface area contributed by atoms with E-state index in [1.165, 1.54) is 109 Å². The van der Waals surface area contributed by atoms with Crippen molar-refractivity contribution in [1.82, 2.24) is 0 Å². The zero-order chi connectivity index (χ0) is 42.0. The number of phosphoric acid groups is 1. The van der Waals surface area contributed by atoms with Gasteiger partial charge in [-0.25, -0.2) is 0 Å². The first-order valence-corrected chi connectivity index (χ1v) is 24.8. The second-order valence-corrected chi connectivity index (χ2v) is 18.2. The molecule has 0 N–H and O–H groups in total. The second kappa shape index (κ2) is 41.2. The summed E-state index contributed by atoms with van der Waals surface area (Å²) in [5, 5.41) is 0. The molecule has 0 aliphatic heterocycles. The number of likely N-dealkylation sites (N-methyl/N-ethyl adjacent to an activating group) is 1. The Kier molecular flexibility index (Phi) is 40.1. The van der Waals surface area contributed by atoms with Crippen LogP contribution in [0.1, 0.15) is 194 Å². The van der Waals surface area contributed by atoms with Gasteiger partial charge in [-0.15, -0.1) is 0 Å². The van der Waals surface area contributed by atoms with Gasteiger partial charge < -0.3 is 27.9 Å². The minimum atomic E-state index is -4.53. The van der Waals surface area contributed by atoms with Gasteiger partial charge in [0.2, 0.25) is 0 Å². The first-order chi connectivity index (χ1) is 27.6. The van der Waals surface area contributed by atoms with Crippen LogP contribution in [0.4, 0.5) is 0 Å². The standard InChI is InChI=1S/C48H90NO7P/c1-6-8-10-12-14-16-18-20-21-22-23-24-25-26-27-28-30-32-34-36-38-40-43-53-45-47(46-55-57(51,52)54-44-42-49(3,4)5)56-48(50)41-39-37-35-33-31-29-19-17-15-13-11-9-7-2/h17-20,22-23,25-26,47H,6-16,21,24,27-46H2,1-5H3/b19-17-,20-18-,23-22-,26-25-. The maximum Gasteiger partial charge on any atom is 0.306 e. The molecule has 57 heavy (non-hydrogen) atoms. The number of ether oxygens (including phenoxy) is 2. The van der Waals surface area contributed by atoms with E-state index >= 15 is 0 Å². The number of carbonyl (C=O) groups is 1. The zero-order valence-corrected chi connectivity index (χ0v) is 38.7. The van der Waals surface area contributed by atoms with Crippen LogP contribution in [0.5, 0.6) is 0 Å². The third kappa shape index (κ3) is 45.4. The minimum Gasteiger partial charge on any atom is -0.756 e. The van der Waals surface area contributed by atoms with E-state index < -0.39 is 13.9 Å². The maximum absolute atomic E-state index is 12.7. The van der Waals surface area contributed by atoms with Crippen LogP contribution in [0.3, 0.4) is 0 Å². The fraction of sp³-hybridized carbons (Fsp3) is 0.812. The molecule has 8 nitrogen and oxygen atoms in total. The quantitative estimate of drug-likeness (QED) is 0.0199. The highest BCUT2D eigenvalue weighted by Crippen LogP contribution is 2.38. The average molecular weight is 824 g/mol. The van der Waals surface area contributed by atoms with Gasteiger partial charge in [0.05, 0.1) is 34.4 Å². The van der Waals surface area contributed by atoms with Crippen molar-refractivity contribution in [2.75, 3.05) is 54.1 Å². The van der Waals surface area contributed by atoms with E-state index in [4.69, 9.17) is 18.5 Å². The Morgan fingerprint density at radius 2 is 0.965 bits per heavy atom. The molecule has 0 heterocycles. The summed E-state index contributed by atoms with van der Waals surface area (Å²) in [6, 6.07) is 0. The molecule has 0 bridgehead atoms. The number of esters is 1. The predicted octanol–water partition coefficient (Wildman–Crippen LogP) is 13.3. The monoisotopic (exact) mass is 824 g/mol. The highest BCUT2D eigenvalue weighted by molar-refractivity contribution is 7.45. The molecule has 0 spiro atoms. The van der Waals surface area contributed by atoms with Gasteiger partial charge in [0, 0.05) is 13.0 Å². The lowest BCUT2D eigenvalue weighted by Crippen LogP contribution is -2.37. The Balaban J connectivity index is 4.20. The number of carbonyl (C=O) groups excluding carboxylic acids is 1. The van der Waals surface area contributed by atoms with Crippen molar-refractivity contribution in [3.8, 4) is 0 Å². The lowest BCUT2D eigenvalue weighted by atomic mass is 10.1. The van der Waals surface area contributed by atoms with Crippen LogP contribution in [-0.2, 0) is 27.9 Å². The average Bonchev–Trinajstić information content (AvgIpc) is 3.16. The highest BCUT2D eigenvalue weighted by Gasteiger charge is 2.20. The van der Waals surface area contributed by atoms with E-state index in [0.717, 1.165) is 64.2 Å². The van der Waals surface area contributed by atoms with Crippen molar-refractivity contribution in [1.29, 1.82) is 0 Å². The van der Waals surface area contributed by atoms with E-state index in [2.05, 4.69) is 62.5 Å². The van der Waals surface area contributed by atoms with Crippen LogP contribution in [-0.4, -0.2) is 70.7 Å². The Hall–Kier alpha value is -1.54. The number of hydrogen-bond donors (Lipinski definition) is 0. The van der Waals surface area contributed by atoms with E-state index in [1.54, 1.807) is 0 Å². The van der Waals surface area contributed by atoms with Gasteiger partial charge in [0.25, 0.3) is 7.82 Å². The summed E-state index contributed by atoms with van der Waals surface area (Å²) in [5.74, 6) is -0.348. The number of rotatable bonds is 43. The number of quaternary nitrogens is 1. The lowest BCUT2D eigenvalue weighted by Gasteiger charge is -2.28. The fourth-order valence-corrected chi connectivity index (χ4v) is 6.92. The Bertz CT molecular complexity index is 1050. The fourth-order valence-electron chi connectivity index (χ4n) is 6.19. The lowest BCUT2D eigenvalue weighted by molar-refractivity contribution is -0.870. The highest BCUT2D eigenvalue weighted by atomic mass is 31.2. The van der Waals surface area contributed by atoms with Crippen molar-refractivity contribution >= 4 is 13.8 Å². The Morgan fingerprint density at radius 1 is 0.544 bits per heavy atom. The van der Waals surface area contributed by atoms with Gasteiger partial charge in [-0.1, -0.05) is 159 Å². The molecule has 0 aromatic carbocycles. The number of nitrogens with zero attached hydrogens (tertiary/aromatic N) is 1. The predicted molar refractivity (Wildman–Crippen MR) is 240 cm³/mol. The Labute approximate surface area is 352 Å². The number of hydrogen-bond acceptors (Lipinski definition) is 7. The summed E-state index contributed by atoms with van der Waals surface area (Å²) in [7, 11) is 1.34. The van der Waals surface area contributed by atoms with Gasteiger partial charge >= 0.3 is 5.97 Å². The third-order valence-electron chi connectivity index (χ3n) is 9.85. The molecule has 9 heteroatoms. The third-order valence-corrected chi connectivity index (χ3v) is 10.8. The van der Waals surface area contributed by atoms with Gasteiger partial charge in [0.15, 0.2) is 0 Å². The molecule has 0 saturated heterocycles. The van der Waals surface area contributed by atoms with Crippen LogP contribution in [0.15, 0.2) is 48.6 Å². The molecule has 0 aromatic rings. The normalized spacial score (nSPS) is 14.1. The molecule has 2 unspecified atom stereocenters. The molecule has 0 radical (unpaired) electrons. The summed E-state index contributed by atoms with van der Waals surface area (Å²) >= 11 is 0. The van der Waals surface area contributed by atoms with Crippen LogP contribution in [0.25, 0.3) is 0 Å². The molecule has 0 rings (SSSR count). The van der Waals surface area contributed by atoms with Gasteiger partial charge in [0.1, 0.15) is 19.3 Å². The van der Waals surface area contributed by atoms with Crippen LogP contribution in [0.2, 0.25) is 0 Å². The van der Waals surface area contributed by atoms with Crippen molar-refractivity contribution in [3.63, 3.8) is 0 Å². The number of phosphoric ester groups is 1. The van der Waals surface area contributed by atoms with E-state index in [9.17, 15) is 14.3 Å².